The Hall–Kier alpha value is -2.31. The highest BCUT2D eigenvalue weighted by molar-refractivity contribution is 7.17. The molecule has 5 nitrogen and oxygen atoms in total. The molecule has 0 spiro atoms. The van der Waals surface area contributed by atoms with E-state index in [0.717, 1.165) is 22.2 Å². The Bertz CT molecular complexity index is 893. The number of fused-ring (bicyclic) bond motifs is 2. The zero-order valence-electron chi connectivity index (χ0n) is 13.3. The second-order valence-electron chi connectivity index (χ2n) is 5.80. The zero-order chi connectivity index (χ0) is 16.5. The van der Waals surface area contributed by atoms with Crippen LogP contribution < -0.4 is 4.90 Å². The van der Waals surface area contributed by atoms with Crippen LogP contribution in [-0.4, -0.2) is 29.5 Å². The minimum atomic E-state index is -0.189. The highest BCUT2D eigenvalue weighted by Crippen LogP contribution is 2.32. The lowest BCUT2D eigenvalue weighted by molar-refractivity contribution is -0.121. The van der Waals surface area contributed by atoms with E-state index in [0.29, 0.717) is 18.8 Å². The summed E-state index contributed by atoms with van der Waals surface area (Å²) in [5, 5.41) is 1.96. The van der Waals surface area contributed by atoms with Crippen LogP contribution in [0.5, 0.6) is 0 Å². The third-order valence-electron chi connectivity index (χ3n) is 4.37. The van der Waals surface area contributed by atoms with Crippen LogP contribution in [-0.2, 0) is 16.0 Å². The average molecular weight is 339 g/mol. The van der Waals surface area contributed by atoms with Crippen LogP contribution >= 0.6 is 11.3 Å². The summed E-state index contributed by atoms with van der Waals surface area (Å²) in [6.45, 7) is 0.654. The van der Waals surface area contributed by atoms with Gasteiger partial charge in [0.05, 0.1) is 29.3 Å². The van der Waals surface area contributed by atoms with E-state index in [1.165, 1.54) is 11.9 Å². The number of carbonyl (C=O) groups excluding carboxylic acids is 1. The number of carbonyl (C=O) groups is 1. The van der Waals surface area contributed by atoms with Crippen molar-refractivity contribution in [3.63, 3.8) is 0 Å². The van der Waals surface area contributed by atoms with Crippen molar-refractivity contribution < 1.29 is 9.53 Å². The number of anilines is 1. The van der Waals surface area contributed by atoms with Gasteiger partial charge in [0, 0.05) is 7.05 Å². The van der Waals surface area contributed by atoms with Crippen molar-refractivity contribution in [2.75, 3.05) is 18.6 Å². The van der Waals surface area contributed by atoms with E-state index < -0.39 is 0 Å². The van der Waals surface area contributed by atoms with Crippen LogP contribution in [0.25, 0.3) is 10.2 Å². The van der Waals surface area contributed by atoms with Gasteiger partial charge in [-0.1, -0.05) is 24.3 Å². The van der Waals surface area contributed by atoms with E-state index in [-0.39, 0.29) is 12.0 Å². The number of ether oxygens (including phenoxy) is 1. The maximum atomic E-state index is 12.8. The van der Waals surface area contributed by atoms with Crippen molar-refractivity contribution in [1.82, 2.24) is 9.97 Å². The molecule has 1 aliphatic heterocycles. The van der Waals surface area contributed by atoms with E-state index in [2.05, 4.69) is 22.1 Å². The fourth-order valence-electron chi connectivity index (χ4n) is 3.07. The Morgan fingerprint density at radius 1 is 1.33 bits per heavy atom. The first-order chi connectivity index (χ1) is 11.7. The predicted octanol–water partition coefficient (Wildman–Crippen LogP) is 3.36. The van der Waals surface area contributed by atoms with E-state index in [1.54, 1.807) is 23.3 Å². The Kier molecular flexibility index (Phi) is 4.00. The average Bonchev–Trinajstić information content (AvgIpc) is 3.10. The minimum absolute atomic E-state index is 0.00916. The molecule has 0 N–H and O–H groups in total. The molecular formula is C18H17N3O2S. The summed E-state index contributed by atoms with van der Waals surface area (Å²) in [5.41, 5.74) is 3.25. The van der Waals surface area contributed by atoms with E-state index in [1.807, 2.05) is 23.6 Å². The van der Waals surface area contributed by atoms with Gasteiger partial charge in [-0.25, -0.2) is 9.97 Å². The summed E-state index contributed by atoms with van der Waals surface area (Å²) < 4.78 is 6.78. The van der Waals surface area contributed by atoms with Crippen molar-refractivity contribution in [2.24, 2.45) is 0 Å². The number of rotatable bonds is 3. The third kappa shape index (κ3) is 2.68. The number of benzene rings is 1. The van der Waals surface area contributed by atoms with Gasteiger partial charge < -0.3 is 4.74 Å². The number of thiophene rings is 1. The lowest BCUT2D eigenvalue weighted by Crippen LogP contribution is -2.30. The van der Waals surface area contributed by atoms with Crippen LogP contribution in [0.15, 0.2) is 42.0 Å². The van der Waals surface area contributed by atoms with Gasteiger partial charge in [-0.3, -0.25) is 9.69 Å². The summed E-state index contributed by atoms with van der Waals surface area (Å²) in [6, 6.07) is 10.1. The lowest BCUT2D eigenvalue weighted by atomic mass is 9.95. The molecule has 1 unspecified atom stereocenters. The standard InChI is InChI=1S/C18H17N3O2S/c1-21(18-17-14(7-9-24-17)19-11-20-18)16(22)10-15-13-5-3-2-4-12(13)6-8-23-15/h2-5,7,9,11,15H,6,8,10H2,1H3. The zero-order valence-corrected chi connectivity index (χ0v) is 14.1. The number of hydrogen-bond acceptors (Lipinski definition) is 5. The van der Waals surface area contributed by atoms with Gasteiger partial charge in [0.2, 0.25) is 5.91 Å². The molecule has 6 heteroatoms. The van der Waals surface area contributed by atoms with Gasteiger partial charge in [-0.2, -0.15) is 0 Å². The van der Waals surface area contributed by atoms with E-state index in [9.17, 15) is 4.79 Å². The number of hydrogen-bond donors (Lipinski definition) is 0. The molecule has 0 saturated carbocycles. The van der Waals surface area contributed by atoms with Crippen molar-refractivity contribution in [3.8, 4) is 0 Å². The van der Waals surface area contributed by atoms with Crippen LogP contribution in [0.2, 0.25) is 0 Å². The number of nitrogens with zero attached hydrogens (tertiary/aromatic N) is 3. The largest absolute Gasteiger partial charge is 0.373 e. The molecule has 0 fully saturated rings. The SMILES string of the molecule is CN(C(=O)CC1OCCc2ccccc21)c1ncnc2ccsc12. The molecule has 4 rings (SSSR count). The monoisotopic (exact) mass is 339 g/mol. The molecule has 0 bridgehead atoms. The second-order valence-corrected chi connectivity index (χ2v) is 6.71. The molecule has 2 aromatic heterocycles. The molecular weight excluding hydrogens is 322 g/mol. The van der Waals surface area contributed by atoms with Crippen LogP contribution in [0, 0.1) is 0 Å². The van der Waals surface area contributed by atoms with Crippen LogP contribution in [0.4, 0.5) is 5.82 Å². The number of amides is 1. The fraction of sp³-hybridized carbons (Fsp3) is 0.278. The van der Waals surface area contributed by atoms with E-state index in [4.69, 9.17) is 4.74 Å². The maximum Gasteiger partial charge on any atom is 0.230 e. The fourth-order valence-corrected chi connectivity index (χ4v) is 3.94. The van der Waals surface area contributed by atoms with Crippen molar-refractivity contribution in [3.05, 3.63) is 53.2 Å². The first-order valence-electron chi connectivity index (χ1n) is 7.88. The van der Waals surface area contributed by atoms with Crippen LogP contribution in [0.3, 0.4) is 0 Å². The third-order valence-corrected chi connectivity index (χ3v) is 5.27. The molecule has 3 aromatic rings. The summed E-state index contributed by atoms with van der Waals surface area (Å²) in [7, 11) is 1.76. The Morgan fingerprint density at radius 2 is 2.21 bits per heavy atom. The number of aromatic nitrogens is 2. The molecule has 1 aromatic carbocycles. The second kappa shape index (κ2) is 6.30. The first kappa shape index (κ1) is 15.2. The van der Waals surface area contributed by atoms with Gasteiger partial charge in [0.1, 0.15) is 6.33 Å². The van der Waals surface area contributed by atoms with Crippen LogP contribution in [0.1, 0.15) is 23.7 Å². The summed E-state index contributed by atoms with van der Waals surface area (Å²) >= 11 is 1.54. The Morgan fingerprint density at radius 3 is 3.12 bits per heavy atom. The molecule has 1 amide bonds. The normalized spacial score (nSPS) is 16.8. The molecule has 24 heavy (non-hydrogen) atoms. The topological polar surface area (TPSA) is 55.3 Å². The quantitative estimate of drug-likeness (QED) is 0.734. The van der Waals surface area contributed by atoms with Gasteiger partial charge in [-0.05, 0) is 29.0 Å². The Labute approximate surface area is 143 Å². The molecule has 1 aliphatic rings. The lowest BCUT2D eigenvalue weighted by Gasteiger charge is -2.27. The molecule has 122 valence electrons. The summed E-state index contributed by atoms with van der Waals surface area (Å²) in [5.74, 6) is 0.647. The van der Waals surface area contributed by atoms with Crippen molar-refractivity contribution in [2.45, 2.75) is 18.9 Å². The van der Waals surface area contributed by atoms with Gasteiger partial charge >= 0.3 is 0 Å². The molecule has 0 aliphatic carbocycles. The summed E-state index contributed by atoms with van der Waals surface area (Å²) in [4.78, 5) is 22.9. The van der Waals surface area contributed by atoms with Crippen molar-refractivity contribution in [1.29, 1.82) is 0 Å². The predicted molar refractivity (Wildman–Crippen MR) is 94.3 cm³/mol. The Balaban J connectivity index is 1.58. The smallest absolute Gasteiger partial charge is 0.230 e. The first-order valence-corrected chi connectivity index (χ1v) is 8.76. The van der Waals surface area contributed by atoms with Gasteiger partial charge in [0.15, 0.2) is 5.82 Å². The maximum absolute atomic E-state index is 12.8. The molecule has 1 atom stereocenters. The summed E-state index contributed by atoms with van der Waals surface area (Å²) in [6.07, 6.45) is 2.52. The molecule has 0 radical (unpaired) electrons. The molecule has 0 saturated heterocycles. The minimum Gasteiger partial charge on any atom is -0.373 e. The van der Waals surface area contributed by atoms with Crippen molar-refractivity contribution >= 4 is 33.3 Å². The molecule has 3 heterocycles. The van der Waals surface area contributed by atoms with Gasteiger partial charge in [0.25, 0.3) is 0 Å². The van der Waals surface area contributed by atoms with Gasteiger partial charge in [-0.15, -0.1) is 11.3 Å². The highest BCUT2D eigenvalue weighted by Gasteiger charge is 2.26. The van der Waals surface area contributed by atoms with E-state index >= 15 is 0 Å². The highest BCUT2D eigenvalue weighted by atomic mass is 32.1.